The Hall–Kier alpha value is -0.420. The average Bonchev–Trinajstić information content (AvgIpc) is 2.74. The molecule has 198 valence electrons. The summed E-state index contributed by atoms with van der Waals surface area (Å²) in [5, 5.41) is 12.5. The Morgan fingerprint density at radius 2 is 1.18 bits per heavy atom. The third kappa shape index (κ3) is 17.6. The molecule has 0 saturated carbocycles. The van der Waals surface area contributed by atoms with Crippen LogP contribution in [0.4, 0.5) is 0 Å². The maximum absolute atomic E-state index is 13.0. The van der Waals surface area contributed by atoms with Crippen molar-refractivity contribution in [1.29, 1.82) is 0 Å². The fourth-order valence-electron chi connectivity index (χ4n) is 3.99. The predicted octanol–water partition coefficient (Wildman–Crippen LogP) is 8.03. The molecule has 0 aliphatic heterocycles. The van der Waals surface area contributed by atoms with Gasteiger partial charge in [-0.3, -0.25) is 9.09 Å². The molecule has 2 atom stereocenters. The number of carboxylic acid groups (broad SMARTS) is 1. The molecule has 0 aromatic rings. The van der Waals surface area contributed by atoms with Gasteiger partial charge in [-0.05, 0) is 33.2 Å². The van der Waals surface area contributed by atoms with Crippen molar-refractivity contribution < 1.29 is 23.9 Å². The first kappa shape index (κ1) is 32.6. The van der Waals surface area contributed by atoms with Gasteiger partial charge in [0.1, 0.15) is 5.78 Å². The molecule has 2 unspecified atom stereocenters. The van der Waals surface area contributed by atoms with E-state index in [-0.39, 0.29) is 0 Å². The molecule has 0 aliphatic rings. The van der Waals surface area contributed by atoms with Crippen molar-refractivity contribution in [1.82, 2.24) is 5.32 Å². The normalized spacial score (nSPS) is 14.8. The molecule has 0 saturated heterocycles. The molecule has 0 bridgehead atoms. The number of aliphatic carboxylic acids is 1. The number of unbranched alkanes of at least 4 members (excludes halogenated alkanes) is 15. The molecule has 0 fully saturated rings. The van der Waals surface area contributed by atoms with Crippen LogP contribution < -0.4 is 5.32 Å². The van der Waals surface area contributed by atoms with Crippen LogP contribution in [0.2, 0.25) is 0 Å². The molecular formula is C26H54NO5P. The second-order valence-electron chi connectivity index (χ2n) is 10.0. The minimum Gasteiger partial charge on any atom is -0.479 e. The Kier molecular flexibility index (Phi) is 19.6. The zero-order valence-electron chi connectivity index (χ0n) is 22.1. The minimum atomic E-state index is -4.12. The maximum atomic E-state index is 13.0. The van der Waals surface area contributed by atoms with E-state index in [2.05, 4.69) is 19.2 Å². The lowest BCUT2D eigenvalue weighted by atomic mass is 10.1. The lowest BCUT2D eigenvalue weighted by Crippen LogP contribution is -2.38. The lowest BCUT2D eigenvalue weighted by Gasteiger charge is -2.29. The fourth-order valence-corrected chi connectivity index (χ4v) is 5.71. The minimum absolute atomic E-state index is 0.524. The summed E-state index contributed by atoms with van der Waals surface area (Å²) < 4.78 is 18.2. The second-order valence-corrected chi connectivity index (χ2v) is 12.0. The summed E-state index contributed by atoms with van der Waals surface area (Å²) in [6.45, 7) is 7.75. The number of carbonyl (C=O) groups is 1. The molecule has 3 N–H and O–H groups in total. The summed E-state index contributed by atoms with van der Waals surface area (Å²) >= 11 is 0. The Bertz CT molecular complexity index is 505. The van der Waals surface area contributed by atoms with E-state index in [1.54, 1.807) is 0 Å². The lowest BCUT2D eigenvalue weighted by molar-refractivity contribution is -0.152. The summed E-state index contributed by atoms with van der Waals surface area (Å²) in [7, 11) is -4.12. The zero-order valence-corrected chi connectivity index (χ0v) is 23.0. The molecular weight excluding hydrogens is 437 g/mol. The highest BCUT2D eigenvalue weighted by molar-refractivity contribution is 7.53. The predicted molar refractivity (Wildman–Crippen MR) is 139 cm³/mol. The van der Waals surface area contributed by atoms with Crippen molar-refractivity contribution in [3.8, 4) is 0 Å². The van der Waals surface area contributed by atoms with Crippen molar-refractivity contribution in [3.05, 3.63) is 0 Å². The van der Waals surface area contributed by atoms with Gasteiger partial charge in [0, 0.05) is 0 Å². The molecule has 6 nitrogen and oxygen atoms in total. The number of nitrogens with one attached hydrogen (secondary N) is 1. The molecule has 0 amide bonds. The van der Waals surface area contributed by atoms with Crippen LogP contribution in [-0.2, 0) is 13.9 Å². The Labute approximate surface area is 204 Å². The van der Waals surface area contributed by atoms with Crippen LogP contribution in [0.15, 0.2) is 0 Å². The van der Waals surface area contributed by atoms with Gasteiger partial charge in [-0.2, -0.15) is 0 Å². The SMILES string of the molecule is CCCCCCCCCCCC(NCCCCCCCCCC)P(=O)(O)OC(C)(C)C(=O)O. The van der Waals surface area contributed by atoms with E-state index in [1.165, 1.54) is 90.9 Å². The van der Waals surface area contributed by atoms with Crippen molar-refractivity contribution >= 4 is 13.6 Å². The van der Waals surface area contributed by atoms with E-state index in [0.717, 1.165) is 32.1 Å². The highest BCUT2D eigenvalue weighted by atomic mass is 31.2. The first-order valence-electron chi connectivity index (χ1n) is 13.7. The Morgan fingerprint density at radius 3 is 1.61 bits per heavy atom. The van der Waals surface area contributed by atoms with Crippen LogP contribution in [0.25, 0.3) is 0 Å². The first-order chi connectivity index (χ1) is 15.7. The fraction of sp³-hybridized carbons (Fsp3) is 0.962. The average molecular weight is 492 g/mol. The van der Waals surface area contributed by atoms with Gasteiger partial charge >= 0.3 is 13.6 Å². The summed E-state index contributed by atoms with van der Waals surface area (Å²) in [5.74, 6) is -1.95. The zero-order chi connectivity index (χ0) is 25.0. The smallest absolute Gasteiger partial charge is 0.345 e. The number of carboxylic acids is 1. The van der Waals surface area contributed by atoms with Crippen LogP contribution >= 0.6 is 7.60 Å². The van der Waals surface area contributed by atoms with Gasteiger partial charge in [0.2, 0.25) is 0 Å². The van der Waals surface area contributed by atoms with Crippen LogP contribution in [0.5, 0.6) is 0 Å². The highest BCUT2D eigenvalue weighted by Crippen LogP contribution is 2.51. The molecule has 0 spiro atoms. The van der Waals surface area contributed by atoms with Gasteiger partial charge in [0.15, 0.2) is 5.60 Å². The van der Waals surface area contributed by atoms with Gasteiger partial charge in [0.05, 0.1) is 0 Å². The Morgan fingerprint density at radius 1 is 0.788 bits per heavy atom. The molecule has 0 aliphatic carbocycles. The molecule has 0 rings (SSSR count). The van der Waals surface area contributed by atoms with Gasteiger partial charge < -0.3 is 15.3 Å². The largest absolute Gasteiger partial charge is 0.479 e. The van der Waals surface area contributed by atoms with Crippen LogP contribution in [0.1, 0.15) is 143 Å². The molecule has 0 aromatic carbocycles. The van der Waals surface area contributed by atoms with Gasteiger partial charge in [-0.1, -0.05) is 117 Å². The van der Waals surface area contributed by atoms with Gasteiger partial charge in [-0.25, -0.2) is 4.79 Å². The van der Waals surface area contributed by atoms with Crippen molar-refractivity contribution in [3.63, 3.8) is 0 Å². The van der Waals surface area contributed by atoms with Crippen molar-refractivity contribution in [2.75, 3.05) is 6.54 Å². The third-order valence-corrected chi connectivity index (χ3v) is 8.21. The molecule has 33 heavy (non-hydrogen) atoms. The summed E-state index contributed by atoms with van der Waals surface area (Å²) in [4.78, 5) is 22.0. The molecule has 0 aromatic heterocycles. The van der Waals surface area contributed by atoms with Gasteiger partial charge in [-0.15, -0.1) is 0 Å². The summed E-state index contributed by atoms with van der Waals surface area (Å²) in [5.41, 5.74) is -1.69. The topological polar surface area (TPSA) is 95.9 Å². The quantitative estimate of drug-likeness (QED) is 0.0934. The van der Waals surface area contributed by atoms with E-state index in [1.807, 2.05) is 0 Å². The molecule has 7 heteroatoms. The maximum Gasteiger partial charge on any atom is 0.345 e. The van der Waals surface area contributed by atoms with E-state index in [0.29, 0.717) is 13.0 Å². The third-order valence-electron chi connectivity index (χ3n) is 6.26. The standard InChI is InChI=1S/C26H54NO5P/c1-5-7-9-11-13-15-16-18-20-22-24(33(30,31)32-26(3,4)25(28)29)27-23-21-19-17-14-12-10-8-6-2/h24,27H,5-23H2,1-4H3,(H,28,29)(H,30,31). The highest BCUT2D eigenvalue weighted by Gasteiger charge is 2.41. The summed E-state index contributed by atoms with van der Waals surface area (Å²) in [6, 6.07) is 0. The number of hydrogen-bond acceptors (Lipinski definition) is 4. The van der Waals surface area contributed by atoms with Crippen LogP contribution in [0, 0.1) is 0 Å². The van der Waals surface area contributed by atoms with E-state index >= 15 is 0 Å². The first-order valence-corrected chi connectivity index (χ1v) is 15.3. The molecule has 0 heterocycles. The molecule has 0 radical (unpaired) electrons. The summed E-state index contributed by atoms with van der Waals surface area (Å²) in [6.07, 6.45) is 20.8. The number of rotatable bonds is 24. The van der Waals surface area contributed by atoms with Crippen LogP contribution in [0.3, 0.4) is 0 Å². The second kappa shape index (κ2) is 19.8. The van der Waals surface area contributed by atoms with E-state index in [4.69, 9.17) is 4.52 Å². The number of hydrogen-bond donors (Lipinski definition) is 3. The van der Waals surface area contributed by atoms with Crippen LogP contribution in [-0.4, -0.2) is 33.9 Å². The Balaban J connectivity index is 4.44. The van der Waals surface area contributed by atoms with Crippen molar-refractivity contribution in [2.45, 2.75) is 155 Å². The van der Waals surface area contributed by atoms with Crippen molar-refractivity contribution in [2.24, 2.45) is 0 Å². The van der Waals surface area contributed by atoms with Gasteiger partial charge in [0.25, 0.3) is 0 Å². The van der Waals surface area contributed by atoms with E-state index in [9.17, 15) is 19.4 Å². The monoisotopic (exact) mass is 491 g/mol. The van der Waals surface area contributed by atoms with E-state index < -0.39 is 24.9 Å².